The number of hydrogen-bond acceptors (Lipinski definition) is 3. The van der Waals surface area contributed by atoms with E-state index in [1.54, 1.807) is 0 Å². The molecule has 0 amide bonds. The maximum atomic E-state index is 4.67. The number of hydrogen-bond donors (Lipinski definition) is 0. The molecule has 4 nitrogen and oxygen atoms in total. The topological polar surface area (TPSA) is 43.1 Å². The molecule has 0 saturated heterocycles. The Bertz CT molecular complexity index is 969. The number of para-hydroxylation sites is 1. The molecular formula is C17H14N4. The highest BCUT2D eigenvalue weighted by Gasteiger charge is 2.14. The predicted molar refractivity (Wildman–Crippen MR) is 83.2 cm³/mol. The lowest BCUT2D eigenvalue weighted by molar-refractivity contribution is 1.01. The van der Waals surface area contributed by atoms with Crippen LogP contribution in [0.2, 0.25) is 0 Å². The van der Waals surface area contributed by atoms with Crippen LogP contribution in [0.4, 0.5) is 0 Å². The Balaban J connectivity index is 2.14. The first-order chi connectivity index (χ1) is 10.3. The SMILES string of the molecule is Cc1ccccc1-c1nnc2c3ccccc3nc(C)n12. The molecule has 0 atom stereocenters. The second-order valence-corrected chi connectivity index (χ2v) is 5.17. The van der Waals surface area contributed by atoms with Crippen LogP contribution in [0.5, 0.6) is 0 Å². The monoisotopic (exact) mass is 274 g/mol. The van der Waals surface area contributed by atoms with E-state index in [2.05, 4.69) is 34.2 Å². The first-order valence-corrected chi connectivity index (χ1v) is 6.92. The lowest BCUT2D eigenvalue weighted by atomic mass is 10.1. The van der Waals surface area contributed by atoms with Crippen molar-refractivity contribution in [1.82, 2.24) is 19.6 Å². The van der Waals surface area contributed by atoms with Crippen molar-refractivity contribution >= 4 is 16.6 Å². The number of fused-ring (bicyclic) bond motifs is 3. The zero-order valence-electron chi connectivity index (χ0n) is 11.9. The highest BCUT2D eigenvalue weighted by atomic mass is 15.3. The Morgan fingerprint density at radius 1 is 0.857 bits per heavy atom. The van der Waals surface area contributed by atoms with Crippen molar-refractivity contribution in [2.24, 2.45) is 0 Å². The summed E-state index contributed by atoms with van der Waals surface area (Å²) in [5.74, 6) is 1.74. The smallest absolute Gasteiger partial charge is 0.171 e. The summed E-state index contributed by atoms with van der Waals surface area (Å²) in [5, 5.41) is 9.83. The van der Waals surface area contributed by atoms with Gasteiger partial charge in [-0.1, -0.05) is 36.4 Å². The second-order valence-electron chi connectivity index (χ2n) is 5.17. The normalized spacial score (nSPS) is 11.3. The quantitative estimate of drug-likeness (QED) is 0.533. The third-order valence-electron chi connectivity index (χ3n) is 3.80. The second kappa shape index (κ2) is 4.38. The van der Waals surface area contributed by atoms with Crippen LogP contribution in [-0.4, -0.2) is 19.6 Å². The fourth-order valence-electron chi connectivity index (χ4n) is 2.75. The molecule has 21 heavy (non-hydrogen) atoms. The van der Waals surface area contributed by atoms with E-state index in [1.165, 1.54) is 5.56 Å². The summed E-state index contributed by atoms with van der Waals surface area (Å²) in [5.41, 5.74) is 4.08. The lowest BCUT2D eigenvalue weighted by Gasteiger charge is -2.07. The Kier molecular flexibility index (Phi) is 2.51. The molecule has 4 heteroatoms. The van der Waals surface area contributed by atoms with E-state index in [1.807, 2.05) is 47.7 Å². The summed E-state index contributed by atoms with van der Waals surface area (Å²) in [6.45, 7) is 4.07. The van der Waals surface area contributed by atoms with E-state index >= 15 is 0 Å². The fraction of sp³-hybridized carbons (Fsp3) is 0.118. The van der Waals surface area contributed by atoms with Crippen molar-refractivity contribution in [2.45, 2.75) is 13.8 Å². The van der Waals surface area contributed by atoms with Crippen LogP contribution in [0.15, 0.2) is 48.5 Å². The molecule has 0 unspecified atom stereocenters. The highest BCUT2D eigenvalue weighted by Crippen LogP contribution is 2.26. The average Bonchev–Trinajstić information content (AvgIpc) is 2.93. The Labute approximate surface area is 122 Å². The van der Waals surface area contributed by atoms with Crippen molar-refractivity contribution < 1.29 is 0 Å². The van der Waals surface area contributed by atoms with Crippen molar-refractivity contribution in [2.75, 3.05) is 0 Å². The minimum atomic E-state index is 0.846. The third-order valence-corrected chi connectivity index (χ3v) is 3.80. The van der Waals surface area contributed by atoms with Gasteiger partial charge in [0.15, 0.2) is 11.5 Å². The molecule has 102 valence electrons. The van der Waals surface area contributed by atoms with Gasteiger partial charge in [-0.2, -0.15) is 0 Å². The molecule has 0 aliphatic carbocycles. The van der Waals surface area contributed by atoms with Gasteiger partial charge in [-0.3, -0.25) is 4.40 Å². The van der Waals surface area contributed by atoms with E-state index in [9.17, 15) is 0 Å². The van der Waals surface area contributed by atoms with Gasteiger partial charge in [-0.05, 0) is 31.5 Å². The molecule has 0 bridgehead atoms. The van der Waals surface area contributed by atoms with Crippen LogP contribution in [0.1, 0.15) is 11.4 Å². The Morgan fingerprint density at radius 3 is 2.48 bits per heavy atom. The molecule has 0 aliphatic heterocycles. The molecule has 4 aromatic rings. The van der Waals surface area contributed by atoms with E-state index in [0.717, 1.165) is 33.8 Å². The van der Waals surface area contributed by atoms with Gasteiger partial charge in [0.1, 0.15) is 5.82 Å². The van der Waals surface area contributed by atoms with Crippen molar-refractivity contribution in [3.8, 4) is 11.4 Å². The van der Waals surface area contributed by atoms with Crippen molar-refractivity contribution in [3.05, 3.63) is 59.9 Å². The van der Waals surface area contributed by atoms with Gasteiger partial charge >= 0.3 is 0 Å². The van der Waals surface area contributed by atoms with Crippen LogP contribution < -0.4 is 0 Å². The van der Waals surface area contributed by atoms with Gasteiger partial charge in [-0.25, -0.2) is 4.98 Å². The predicted octanol–water partition coefficient (Wildman–Crippen LogP) is 3.56. The van der Waals surface area contributed by atoms with Gasteiger partial charge < -0.3 is 0 Å². The van der Waals surface area contributed by atoms with Gasteiger partial charge in [0, 0.05) is 10.9 Å². The molecule has 0 aliphatic rings. The number of rotatable bonds is 1. The molecular weight excluding hydrogens is 260 g/mol. The van der Waals surface area contributed by atoms with Gasteiger partial charge in [0.05, 0.1) is 5.52 Å². The standard InChI is InChI=1S/C17H14N4/c1-11-7-3-4-8-13(11)16-19-20-17-14-9-5-6-10-15(14)18-12(2)21(16)17/h3-10H,1-2H3. The minimum absolute atomic E-state index is 0.846. The van der Waals surface area contributed by atoms with Crippen LogP contribution in [0.3, 0.4) is 0 Å². The first kappa shape index (κ1) is 12.0. The summed E-state index contributed by atoms with van der Waals surface area (Å²) in [6.07, 6.45) is 0. The Morgan fingerprint density at radius 2 is 1.62 bits per heavy atom. The van der Waals surface area contributed by atoms with E-state index in [4.69, 9.17) is 0 Å². The maximum Gasteiger partial charge on any atom is 0.171 e. The highest BCUT2D eigenvalue weighted by molar-refractivity contribution is 5.92. The molecule has 2 heterocycles. The average molecular weight is 274 g/mol. The van der Waals surface area contributed by atoms with E-state index in [0.29, 0.717) is 0 Å². The molecule has 2 aromatic heterocycles. The Hall–Kier alpha value is -2.75. The van der Waals surface area contributed by atoms with Gasteiger partial charge in [-0.15, -0.1) is 10.2 Å². The third kappa shape index (κ3) is 1.72. The van der Waals surface area contributed by atoms with Gasteiger partial charge in [0.25, 0.3) is 0 Å². The molecule has 4 rings (SSSR count). The molecule has 2 aromatic carbocycles. The van der Waals surface area contributed by atoms with Crippen LogP contribution in [0.25, 0.3) is 27.9 Å². The zero-order chi connectivity index (χ0) is 14.4. The first-order valence-electron chi connectivity index (χ1n) is 6.92. The molecule has 0 N–H and O–H groups in total. The van der Waals surface area contributed by atoms with Crippen LogP contribution >= 0.6 is 0 Å². The molecule has 0 fully saturated rings. The molecule has 0 saturated carbocycles. The number of aromatic nitrogens is 4. The number of nitrogens with zero attached hydrogens (tertiary/aromatic N) is 4. The van der Waals surface area contributed by atoms with E-state index < -0.39 is 0 Å². The zero-order valence-corrected chi connectivity index (χ0v) is 11.9. The summed E-state index contributed by atoms with van der Waals surface area (Å²) in [4.78, 5) is 4.67. The van der Waals surface area contributed by atoms with Crippen molar-refractivity contribution in [3.63, 3.8) is 0 Å². The minimum Gasteiger partial charge on any atom is -0.262 e. The fourth-order valence-corrected chi connectivity index (χ4v) is 2.75. The number of benzene rings is 2. The maximum absolute atomic E-state index is 4.67. The van der Waals surface area contributed by atoms with Crippen molar-refractivity contribution in [1.29, 1.82) is 0 Å². The summed E-state index contributed by atoms with van der Waals surface area (Å²) < 4.78 is 2.03. The van der Waals surface area contributed by atoms with Crippen LogP contribution in [-0.2, 0) is 0 Å². The summed E-state index contributed by atoms with van der Waals surface area (Å²) in [7, 11) is 0. The lowest BCUT2D eigenvalue weighted by Crippen LogP contribution is -1.99. The number of aryl methyl sites for hydroxylation is 2. The largest absolute Gasteiger partial charge is 0.262 e. The summed E-state index contributed by atoms with van der Waals surface area (Å²) in [6, 6.07) is 16.2. The molecule has 0 spiro atoms. The molecule has 0 radical (unpaired) electrons. The van der Waals surface area contributed by atoms with Gasteiger partial charge in [0.2, 0.25) is 0 Å². The summed E-state index contributed by atoms with van der Waals surface area (Å²) >= 11 is 0. The van der Waals surface area contributed by atoms with Crippen LogP contribution in [0, 0.1) is 13.8 Å². The van der Waals surface area contributed by atoms with E-state index in [-0.39, 0.29) is 0 Å².